The molecule has 25 heavy (non-hydrogen) atoms. The number of anilines is 1. The van der Waals surface area contributed by atoms with Gasteiger partial charge in [-0.1, -0.05) is 0 Å². The number of nitro groups is 1. The number of halogens is 1. The fourth-order valence-electron chi connectivity index (χ4n) is 4.23. The second-order valence-corrected chi connectivity index (χ2v) is 7.04. The number of amides is 1. The van der Waals surface area contributed by atoms with Crippen LogP contribution in [0, 0.1) is 22.0 Å². The molecule has 0 bridgehead atoms. The molecule has 1 amide bonds. The van der Waals surface area contributed by atoms with E-state index in [0.29, 0.717) is 23.1 Å². The third-order valence-corrected chi connectivity index (χ3v) is 5.54. The summed E-state index contributed by atoms with van der Waals surface area (Å²) in [5.41, 5.74) is 1.11. The van der Waals surface area contributed by atoms with Gasteiger partial charge in [-0.25, -0.2) is 0 Å². The fraction of sp³-hybridized carbons (Fsp3) is 0.588. The summed E-state index contributed by atoms with van der Waals surface area (Å²) < 4.78 is 0. The Bertz CT molecular complexity index is 666. The number of carbonyl (C=O) groups excluding carboxylic acids is 1. The highest BCUT2D eigenvalue weighted by molar-refractivity contribution is 5.96. The summed E-state index contributed by atoms with van der Waals surface area (Å²) in [5, 5.41) is 14.8. The van der Waals surface area contributed by atoms with Gasteiger partial charge >= 0.3 is 0 Å². The number of fused-ring (bicyclic) bond motifs is 1. The number of benzene rings is 1. The molecule has 0 aliphatic carbocycles. The van der Waals surface area contributed by atoms with E-state index < -0.39 is 0 Å². The van der Waals surface area contributed by atoms with Gasteiger partial charge in [0.25, 0.3) is 11.6 Å². The first kappa shape index (κ1) is 17.9. The van der Waals surface area contributed by atoms with Crippen LogP contribution in [0.25, 0.3) is 0 Å². The van der Waals surface area contributed by atoms with E-state index in [1.165, 1.54) is 6.07 Å². The second-order valence-electron chi connectivity index (χ2n) is 7.04. The first-order chi connectivity index (χ1) is 11.6. The number of hydrogen-bond donors (Lipinski definition) is 1. The molecule has 3 aliphatic heterocycles. The van der Waals surface area contributed by atoms with E-state index in [9.17, 15) is 14.9 Å². The zero-order chi connectivity index (χ0) is 16.7. The molecule has 7 nitrogen and oxygen atoms in total. The van der Waals surface area contributed by atoms with Crippen LogP contribution in [0.2, 0.25) is 0 Å². The van der Waals surface area contributed by atoms with Crippen molar-refractivity contribution in [3.8, 4) is 0 Å². The molecular weight excluding hydrogens is 344 g/mol. The molecule has 4 rings (SSSR count). The van der Waals surface area contributed by atoms with Crippen LogP contribution >= 0.6 is 12.4 Å². The molecule has 0 aromatic heterocycles. The predicted octanol–water partition coefficient (Wildman–Crippen LogP) is 1.91. The Labute approximate surface area is 152 Å². The van der Waals surface area contributed by atoms with Crippen LogP contribution in [-0.2, 0) is 0 Å². The number of nitrogens with one attached hydrogen (secondary N) is 1. The average Bonchev–Trinajstić information content (AvgIpc) is 3.30. The van der Waals surface area contributed by atoms with Gasteiger partial charge in [0, 0.05) is 50.9 Å². The van der Waals surface area contributed by atoms with Gasteiger partial charge in [-0.3, -0.25) is 14.9 Å². The first-order valence-corrected chi connectivity index (χ1v) is 8.67. The highest BCUT2D eigenvalue weighted by Crippen LogP contribution is 2.33. The molecule has 1 N–H and O–H groups in total. The Hall–Kier alpha value is -1.86. The number of nitro benzene ring substituents is 1. The maximum atomic E-state index is 12.8. The molecule has 1 aromatic rings. The lowest BCUT2D eigenvalue weighted by Crippen LogP contribution is -2.32. The van der Waals surface area contributed by atoms with E-state index in [1.54, 1.807) is 12.1 Å². The predicted molar refractivity (Wildman–Crippen MR) is 97.5 cm³/mol. The van der Waals surface area contributed by atoms with Crippen molar-refractivity contribution in [1.29, 1.82) is 0 Å². The van der Waals surface area contributed by atoms with E-state index in [1.807, 2.05) is 9.80 Å². The van der Waals surface area contributed by atoms with Crippen molar-refractivity contribution in [3.05, 3.63) is 33.9 Å². The monoisotopic (exact) mass is 366 g/mol. The summed E-state index contributed by atoms with van der Waals surface area (Å²) in [7, 11) is 0. The minimum absolute atomic E-state index is 0. The third kappa shape index (κ3) is 3.30. The van der Waals surface area contributed by atoms with Crippen LogP contribution in [-0.4, -0.2) is 55.0 Å². The van der Waals surface area contributed by atoms with Crippen molar-refractivity contribution < 1.29 is 9.72 Å². The minimum atomic E-state index is -0.368. The molecule has 3 fully saturated rings. The first-order valence-electron chi connectivity index (χ1n) is 8.67. The maximum Gasteiger partial charge on any atom is 0.293 e. The molecule has 8 heteroatoms. The van der Waals surface area contributed by atoms with Crippen LogP contribution in [0.4, 0.5) is 11.4 Å². The summed E-state index contributed by atoms with van der Waals surface area (Å²) >= 11 is 0. The fourth-order valence-corrected chi connectivity index (χ4v) is 4.23. The Morgan fingerprint density at radius 2 is 1.80 bits per heavy atom. The largest absolute Gasteiger partial charge is 0.366 e. The van der Waals surface area contributed by atoms with Crippen LogP contribution < -0.4 is 10.2 Å². The van der Waals surface area contributed by atoms with Crippen LogP contribution in [0.15, 0.2) is 18.2 Å². The van der Waals surface area contributed by atoms with E-state index in [4.69, 9.17) is 0 Å². The molecule has 2 atom stereocenters. The summed E-state index contributed by atoms with van der Waals surface area (Å²) in [5.74, 6) is 0.959. The summed E-state index contributed by atoms with van der Waals surface area (Å²) in [6, 6.07) is 4.95. The Morgan fingerprint density at radius 3 is 2.40 bits per heavy atom. The van der Waals surface area contributed by atoms with Gasteiger partial charge in [0.2, 0.25) is 0 Å². The second kappa shape index (κ2) is 7.17. The quantitative estimate of drug-likeness (QED) is 0.653. The lowest BCUT2D eigenvalue weighted by molar-refractivity contribution is -0.384. The molecule has 0 unspecified atom stereocenters. The van der Waals surface area contributed by atoms with E-state index >= 15 is 0 Å². The molecular formula is C17H23ClN4O3. The van der Waals surface area contributed by atoms with Gasteiger partial charge in [-0.05, 0) is 36.8 Å². The lowest BCUT2D eigenvalue weighted by Gasteiger charge is -2.20. The Morgan fingerprint density at radius 1 is 1.16 bits per heavy atom. The average molecular weight is 367 g/mol. The van der Waals surface area contributed by atoms with Crippen molar-refractivity contribution in [2.45, 2.75) is 12.8 Å². The highest BCUT2D eigenvalue weighted by Gasteiger charge is 2.38. The number of likely N-dealkylation sites (tertiary alicyclic amines) is 1. The maximum absolute atomic E-state index is 12.8. The lowest BCUT2D eigenvalue weighted by atomic mass is 10.0. The molecule has 3 aliphatic rings. The third-order valence-electron chi connectivity index (χ3n) is 5.54. The van der Waals surface area contributed by atoms with E-state index in [-0.39, 0.29) is 28.9 Å². The standard InChI is InChI=1S/C17H22N4O3.ClH/c22-17(20-10-13-8-18-9-14(13)11-20)12-3-4-15(16(7-12)21(23)24)19-5-1-2-6-19;/h3-4,7,13-14,18H,1-2,5-6,8-11H2;1H/t13-,14+;. The minimum Gasteiger partial charge on any atom is -0.366 e. The molecule has 0 spiro atoms. The van der Waals surface area contributed by atoms with Gasteiger partial charge < -0.3 is 15.1 Å². The zero-order valence-corrected chi connectivity index (χ0v) is 14.8. The molecule has 136 valence electrons. The van der Waals surface area contributed by atoms with Crippen molar-refractivity contribution in [2.75, 3.05) is 44.2 Å². The Balaban J connectivity index is 0.00000182. The normalized spacial score (nSPS) is 25.0. The number of nitrogens with zero attached hydrogens (tertiary/aromatic N) is 3. The number of rotatable bonds is 3. The summed E-state index contributed by atoms with van der Waals surface area (Å²) in [4.78, 5) is 27.8. The summed E-state index contributed by atoms with van der Waals surface area (Å²) in [6.07, 6.45) is 2.12. The Kier molecular flexibility index (Phi) is 5.15. The van der Waals surface area contributed by atoms with Crippen molar-refractivity contribution in [2.24, 2.45) is 11.8 Å². The van der Waals surface area contributed by atoms with Crippen molar-refractivity contribution in [3.63, 3.8) is 0 Å². The van der Waals surface area contributed by atoms with Crippen LogP contribution in [0.1, 0.15) is 23.2 Å². The molecule has 3 saturated heterocycles. The molecule has 3 heterocycles. The molecule has 0 saturated carbocycles. The van der Waals surface area contributed by atoms with Crippen molar-refractivity contribution >= 4 is 29.7 Å². The van der Waals surface area contributed by atoms with Gasteiger partial charge in [0.15, 0.2) is 0 Å². The van der Waals surface area contributed by atoms with Crippen LogP contribution in [0.5, 0.6) is 0 Å². The van der Waals surface area contributed by atoms with Gasteiger partial charge in [-0.2, -0.15) is 0 Å². The molecule has 1 aromatic carbocycles. The zero-order valence-electron chi connectivity index (χ0n) is 14.0. The van der Waals surface area contributed by atoms with Crippen LogP contribution in [0.3, 0.4) is 0 Å². The van der Waals surface area contributed by atoms with E-state index in [0.717, 1.165) is 52.1 Å². The van der Waals surface area contributed by atoms with Crippen molar-refractivity contribution in [1.82, 2.24) is 10.2 Å². The van der Waals surface area contributed by atoms with E-state index in [2.05, 4.69) is 5.32 Å². The smallest absolute Gasteiger partial charge is 0.293 e. The van der Waals surface area contributed by atoms with Gasteiger partial charge in [0.1, 0.15) is 5.69 Å². The number of hydrogen-bond acceptors (Lipinski definition) is 5. The summed E-state index contributed by atoms with van der Waals surface area (Å²) in [6.45, 7) is 5.11. The SMILES string of the molecule is Cl.O=C(c1ccc(N2CCCC2)c([N+](=O)[O-])c1)N1C[C@H]2CNC[C@H]2C1. The van der Waals surface area contributed by atoms with Gasteiger partial charge in [0.05, 0.1) is 4.92 Å². The topological polar surface area (TPSA) is 78.7 Å². The highest BCUT2D eigenvalue weighted by atomic mass is 35.5. The molecule has 0 radical (unpaired) electrons. The number of carbonyl (C=O) groups is 1. The van der Waals surface area contributed by atoms with Gasteiger partial charge in [-0.15, -0.1) is 12.4 Å².